The minimum atomic E-state index is -1.46. The Hall–Kier alpha value is -2.23. The zero-order chi connectivity index (χ0) is 23.2. The lowest BCUT2D eigenvalue weighted by atomic mass is 9.73. The second-order valence-electron chi connectivity index (χ2n) is 10.5. The number of nitrogens with zero attached hydrogens (tertiary/aromatic N) is 3. The van der Waals surface area contributed by atoms with Gasteiger partial charge in [-0.3, -0.25) is 0 Å². The monoisotopic (exact) mass is 450 g/mol. The molecule has 0 bridgehead atoms. The lowest BCUT2D eigenvalue weighted by molar-refractivity contribution is 0.124. The molecule has 0 spiro atoms. The molecule has 0 radical (unpaired) electrons. The van der Waals surface area contributed by atoms with Crippen LogP contribution >= 0.6 is 0 Å². The molecule has 6 heteroatoms. The van der Waals surface area contributed by atoms with Crippen LogP contribution in [0.2, 0.25) is 19.6 Å². The van der Waals surface area contributed by atoms with E-state index >= 15 is 0 Å². The second kappa shape index (κ2) is 8.61. The summed E-state index contributed by atoms with van der Waals surface area (Å²) in [5.74, 6) is 4.01. The number of likely N-dealkylation sites (N-methyl/N-ethyl adjacent to an activating group) is 1. The Bertz CT molecular complexity index is 1080. The molecular formula is C26H38N4OSi. The van der Waals surface area contributed by atoms with Crippen molar-refractivity contribution in [2.75, 3.05) is 26.7 Å². The van der Waals surface area contributed by atoms with Gasteiger partial charge in [-0.1, -0.05) is 37.7 Å². The number of likely N-dealkylation sites (tertiary alicyclic amines) is 1. The van der Waals surface area contributed by atoms with E-state index in [0.717, 1.165) is 32.5 Å². The number of aryl methyl sites for hydroxylation is 1. The number of nitrogens with one attached hydrogen (secondary N) is 1. The number of carbonyl (C=O) groups excluding carboxylic acids is 1. The first kappa shape index (κ1) is 22.9. The van der Waals surface area contributed by atoms with E-state index in [1.54, 1.807) is 0 Å². The first-order chi connectivity index (χ1) is 15.1. The van der Waals surface area contributed by atoms with Crippen molar-refractivity contribution in [1.82, 2.24) is 19.7 Å². The number of benzene rings is 1. The van der Waals surface area contributed by atoms with Gasteiger partial charge in [0.15, 0.2) is 0 Å². The van der Waals surface area contributed by atoms with Crippen molar-refractivity contribution in [1.29, 1.82) is 0 Å². The summed E-state index contributed by atoms with van der Waals surface area (Å²) in [7, 11) is 2.92. The molecule has 3 atom stereocenters. The number of hydrogen-bond acceptors (Lipinski definition) is 2. The van der Waals surface area contributed by atoms with Crippen LogP contribution in [0.1, 0.15) is 43.0 Å². The normalized spacial score (nSPS) is 22.8. The average Bonchev–Trinajstić information content (AvgIpc) is 3.00. The third-order valence-electron chi connectivity index (χ3n) is 7.18. The maximum absolute atomic E-state index is 12.7. The van der Waals surface area contributed by atoms with Crippen LogP contribution in [0.25, 0.3) is 10.9 Å². The van der Waals surface area contributed by atoms with Crippen molar-refractivity contribution in [3.8, 4) is 11.5 Å². The first-order valence-corrected chi connectivity index (χ1v) is 15.5. The molecule has 1 aliphatic heterocycles. The summed E-state index contributed by atoms with van der Waals surface area (Å²) in [6.07, 6.45) is 2.02. The highest BCUT2D eigenvalue weighted by Crippen LogP contribution is 2.44. The van der Waals surface area contributed by atoms with Crippen LogP contribution in [0, 0.1) is 11.5 Å². The van der Waals surface area contributed by atoms with E-state index in [1.807, 2.05) is 18.7 Å². The molecule has 2 aromatic rings. The lowest BCUT2D eigenvalue weighted by Gasteiger charge is -2.46. The molecule has 1 aliphatic carbocycles. The van der Waals surface area contributed by atoms with Crippen LogP contribution in [-0.2, 0) is 13.5 Å². The van der Waals surface area contributed by atoms with Crippen molar-refractivity contribution >= 4 is 25.0 Å². The minimum absolute atomic E-state index is 0.0603. The summed E-state index contributed by atoms with van der Waals surface area (Å²) in [5.41, 5.74) is 8.92. The first-order valence-electron chi connectivity index (χ1n) is 12.0. The molecule has 1 aromatic carbocycles. The number of piperidine rings is 1. The third kappa shape index (κ3) is 4.09. The van der Waals surface area contributed by atoms with Crippen molar-refractivity contribution in [3.63, 3.8) is 0 Å². The highest BCUT2D eigenvalue weighted by atomic mass is 28.3. The van der Waals surface area contributed by atoms with E-state index in [1.165, 1.54) is 27.7 Å². The molecule has 1 unspecified atom stereocenters. The minimum Gasteiger partial charge on any atom is -0.337 e. The molecular weight excluding hydrogens is 412 g/mol. The zero-order valence-corrected chi connectivity index (χ0v) is 21.7. The Morgan fingerprint density at radius 1 is 1.22 bits per heavy atom. The van der Waals surface area contributed by atoms with Crippen LogP contribution in [0.15, 0.2) is 18.2 Å². The smallest absolute Gasteiger partial charge is 0.317 e. The largest absolute Gasteiger partial charge is 0.337 e. The van der Waals surface area contributed by atoms with Gasteiger partial charge in [0, 0.05) is 55.6 Å². The van der Waals surface area contributed by atoms with Crippen molar-refractivity contribution in [2.45, 2.75) is 64.3 Å². The van der Waals surface area contributed by atoms with Gasteiger partial charge in [0.1, 0.15) is 8.07 Å². The molecule has 2 aliphatic rings. The third-order valence-corrected chi connectivity index (χ3v) is 8.06. The zero-order valence-electron chi connectivity index (χ0n) is 20.7. The predicted molar refractivity (Wildman–Crippen MR) is 136 cm³/mol. The fourth-order valence-electron chi connectivity index (χ4n) is 5.57. The van der Waals surface area contributed by atoms with Gasteiger partial charge in [-0.15, -0.1) is 5.54 Å². The molecule has 4 rings (SSSR count). The van der Waals surface area contributed by atoms with Crippen LogP contribution in [0.5, 0.6) is 0 Å². The molecule has 1 saturated heterocycles. The Morgan fingerprint density at radius 2 is 1.94 bits per heavy atom. The number of aromatic nitrogens is 1. The molecule has 0 saturated carbocycles. The van der Waals surface area contributed by atoms with Gasteiger partial charge in [0.05, 0.1) is 5.69 Å². The van der Waals surface area contributed by atoms with Crippen LogP contribution < -0.4 is 5.32 Å². The van der Waals surface area contributed by atoms with Crippen molar-refractivity contribution in [3.05, 3.63) is 35.0 Å². The van der Waals surface area contributed by atoms with Crippen molar-refractivity contribution in [2.24, 2.45) is 7.05 Å². The summed E-state index contributed by atoms with van der Waals surface area (Å²) < 4.78 is 2.30. The molecule has 32 heavy (non-hydrogen) atoms. The summed E-state index contributed by atoms with van der Waals surface area (Å²) in [5, 5.41) is 4.72. The lowest BCUT2D eigenvalue weighted by Crippen LogP contribution is -2.56. The Kier molecular flexibility index (Phi) is 6.17. The van der Waals surface area contributed by atoms with Gasteiger partial charge in [-0.05, 0) is 50.9 Å². The Balaban J connectivity index is 1.72. The van der Waals surface area contributed by atoms with Crippen LogP contribution in [0.4, 0.5) is 4.79 Å². The Labute approximate surface area is 194 Å². The van der Waals surface area contributed by atoms with E-state index in [2.05, 4.69) is 78.2 Å². The number of rotatable bonds is 3. The van der Waals surface area contributed by atoms with Gasteiger partial charge < -0.3 is 19.7 Å². The number of fused-ring (bicyclic) bond motifs is 2. The Morgan fingerprint density at radius 3 is 2.59 bits per heavy atom. The van der Waals surface area contributed by atoms with Gasteiger partial charge in [0.25, 0.3) is 0 Å². The van der Waals surface area contributed by atoms with Gasteiger partial charge in [-0.2, -0.15) is 0 Å². The standard InChI is InChI=1S/C26H38N4OSi/c1-8-30(9-2)26(31)27-18-15-20-19-11-10-12-23-25(19)21(16-24(20)28(3)17-18)22(29(23)4)13-14-32(5,6)7/h10-12,18,20,24H,8-9,15-17H2,1-7H3,(H,27,31)/t18-,20?,24+/m0/s1. The predicted octanol–water partition coefficient (Wildman–Crippen LogP) is 4.17. The maximum Gasteiger partial charge on any atom is 0.317 e. The highest BCUT2D eigenvalue weighted by Gasteiger charge is 2.41. The fourth-order valence-corrected chi connectivity index (χ4v) is 6.07. The molecule has 2 amide bonds. The van der Waals surface area contributed by atoms with E-state index in [9.17, 15) is 4.79 Å². The molecule has 172 valence electrons. The summed E-state index contributed by atoms with van der Waals surface area (Å²) in [4.78, 5) is 17.0. The van der Waals surface area contributed by atoms with E-state index in [-0.39, 0.29) is 12.1 Å². The average molecular weight is 451 g/mol. The number of amides is 2. The molecule has 1 N–H and O–H groups in total. The highest BCUT2D eigenvalue weighted by molar-refractivity contribution is 6.83. The second-order valence-corrected chi connectivity index (χ2v) is 15.2. The van der Waals surface area contributed by atoms with E-state index < -0.39 is 8.07 Å². The SMILES string of the molecule is CCN(CC)C(=O)N[C@H]1CC2c3cccc4c3c(c(C#C[Si](C)(C)C)n4C)C[C@H]2N(C)C1. The fraction of sp³-hybridized carbons (Fsp3) is 0.577. The summed E-state index contributed by atoms with van der Waals surface area (Å²) in [6, 6.07) is 7.41. The number of urea groups is 1. The van der Waals surface area contributed by atoms with Crippen molar-refractivity contribution < 1.29 is 4.79 Å². The van der Waals surface area contributed by atoms with Gasteiger partial charge in [0.2, 0.25) is 0 Å². The van der Waals surface area contributed by atoms with Crippen LogP contribution in [-0.4, -0.2) is 67.2 Å². The molecule has 1 aromatic heterocycles. The quantitative estimate of drug-likeness (QED) is 0.563. The topological polar surface area (TPSA) is 40.5 Å². The number of carbonyl (C=O) groups is 1. The van der Waals surface area contributed by atoms with Gasteiger partial charge >= 0.3 is 6.03 Å². The molecule has 1 fully saturated rings. The summed E-state index contributed by atoms with van der Waals surface area (Å²) >= 11 is 0. The number of hydrogen-bond donors (Lipinski definition) is 1. The molecule has 5 nitrogen and oxygen atoms in total. The maximum atomic E-state index is 12.7. The van der Waals surface area contributed by atoms with Crippen LogP contribution in [0.3, 0.4) is 0 Å². The summed E-state index contributed by atoms with van der Waals surface area (Å²) in [6.45, 7) is 13.4. The van der Waals surface area contributed by atoms with Gasteiger partial charge in [-0.25, -0.2) is 4.79 Å². The van der Waals surface area contributed by atoms with E-state index in [4.69, 9.17) is 0 Å². The van der Waals surface area contributed by atoms with E-state index in [0.29, 0.717) is 12.0 Å². The molecule has 2 heterocycles.